The van der Waals surface area contributed by atoms with E-state index < -0.39 is 11.4 Å². The summed E-state index contributed by atoms with van der Waals surface area (Å²) in [6, 6.07) is 12.0. The molecule has 0 radical (unpaired) electrons. The lowest BCUT2D eigenvalue weighted by Gasteiger charge is -1.76. The summed E-state index contributed by atoms with van der Waals surface area (Å²) < 4.78 is 20.6. The van der Waals surface area contributed by atoms with Crippen molar-refractivity contribution in [1.82, 2.24) is 0 Å². The molecule has 0 aliphatic carbocycles. The smallest absolute Gasteiger partial charge is 0.284 e. The fourth-order valence-corrected chi connectivity index (χ4v) is 0.385. The van der Waals surface area contributed by atoms with Crippen LogP contribution in [0.1, 0.15) is 0 Å². The zero-order chi connectivity index (χ0) is 8.53. The Labute approximate surface area is 68.5 Å². The Bertz CT molecular complexity index is 161. The molecule has 1 aromatic carbocycles. The minimum atomic E-state index is -2.07. The van der Waals surface area contributed by atoms with E-state index in [1.165, 1.54) is 0 Å². The Morgan fingerprint density at radius 2 is 1.27 bits per heavy atom. The first-order valence-corrected chi connectivity index (χ1v) is 3.96. The van der Waals surface area contributed by atoms with Crippen LogP contribution in [0.5, 0.6) is 0 Å². The predicted octanol–water partition coefficient (Wildman–Crippen LogP) is 1.46. The van der Waals surface area contributed by atoms with Gasteiger partial charge in [0.05, 0.1) is 7.11 Å². The zero-order valence-corrected chi connectivity index (χ0v) is 6.95. The minimum Gasteiger partial charge on any atom is -0.284 e. The molecule has 0 saturated heterocycles. The van der Waals surface area contributed by atoms with E-state index in [9.17, 15) is 4.21 Å². The molecule has 0 aliphatic heterocycles. The molecule has 62 valence electrons. The van der Waals surface area contributed by atoms with Crippen LogP contribution in [0.2, 0.25) is 0 Å². The molecule has 1 aromatic rings. The summed E-state index contributed by atoms with van der Waals surface area (Å²) in [5.74, 6) is 0. The maximum atomic E-state index is 9.26. The molecule has 0 aromatic heterocycles. The monoisotopic (exact) mass is 174 g/mol. The number of hydrogen-bond donors (Lipinski definition) is 1. The van der Waals surface area contributed by atoms with Crippen molar-refractivity contribution >= 4 is 11.4 Å². The number of benzene rings is 1. The van der Waals surface area contributed by atoms with Gasteiger partial charge in [0.1, 0.15) is 0 Å². The molecular formula is C7H10O3S. The molecule has 4 heteroatoms. The third-order valence-corrected chi connectivity index (χ3v) is 1.09. The summed E-state index contributed by atoms with van der Waals surface area (Å²) in [5.41, 5.74) is 0. The van der Waals surface area contributed by atoms with Gasteiger partial charge in [-0.3, -0.25) is 8.74 Å². The van der Waals surface area contributed by atoms with Crippen molar-refractivity contribution < 1.29 is 12.9 Å². The molecule has 0 heterocycles. The van der Waals surface area contributed by atoms with Gasteiger partial charge < -0.3 is 0 Å². The minimum absolute atomic E-state index is 1.15. The van der Waals surface area contributed by atoms with E-state index in [0.717, 1.165) is 7.11 Å². The molecule has 3 nitrogen and oxygen atoms in total. The summed E-state index contributed by atoms with van der Waals surface area (Å²) in [7, 11) is 1.15. The Balaban J connectivity index is 0.000000187. The van der Waals surface area contributed by atoms with Crippen LogP contribution in [-0.2, 0) is 15.5 Å². The quantitative estimate of drug-likeness (QED) is 0.655. The van der Waals surface area contributed by atoms with Crippen molar-refractivity contribution in [3.05, 3.63) is 36.4 Å². The van der Waals surface area contributed by atoms with E-state index in [1.807, 2.05) is 36.4 Å². The van der Waals surface area contributed by atoms with Crippen LogP contribution in [0.4, 0.5) is 0 Å². The van der Waals surface area contributed by atoms with Gasteiger partial charge in [0, 0.05) is 0 Å². The van der Waals surface area contributed by atoms with E-state index in [0.29, 0.717) is 0 Å². The first-order chi connectivity index (χ1) is 5.27. The van der Waals surface area contributed by atoms with Crippen molar-refractivity contribution in [2.24, 2.45) is 0 Å². The molecule has 0 amide bonds. The van der Waals surface area contributed by atoms with Crippen molar-refractivity contribution in [1.29, 1.82) is 0 Å². The van der Waals surface area contributed by atoms with Gasteiger partial charge in [0.25, 0.3) is 0 Å². The normalized spacial score (nSPS) is 11.1. The van der Waals surface area contributed by atoms with Crippen LogP contribution in [0.3, 0.4) is 0 Å². The Morgan fingerprint density at radius 1 is 1.09 bits per heavy atom. The Morgan fingerprint density at radius 3 is 1.36 bits per heavy atom. The van der Waals surface area contributed by atoms with Crippen molar-refractivity contribution in [3.8, 4) is 0 Å². The molecule has 0 fully saturated rings. The standard InChI is InChI=1S/C6H6.CH4O3S/c1-2-4-6-5-3-1;1-4-5(2)3/h1-6H;1H3,(H,2,3). The highest BCUT2D eigenvalue weighted by atomic mass is 32.2. The number of rotatable bonds is 1. The highest BCUT2D eigenvalue weighted by Crippen LogP contribution is 1.79. The average molecular weight is 174 g/mol. The van der Waals surface area contributed by atoms with Crippen LogP contribution >= 0.6 is 0 Å². The molecule has 0 saturated carbocycles. The van der Waals surface area contributed by atoms with Crippen molar-refractivity contribution in [2.75, 3.05) is 7.11 Å². The van der Waals surface area contributed by atoms with Crippen molar-refractivity contribution in [3.63, 3.8) is 0 Å². The summed E-state index contributed by atoms with van der Waals surface area (Å²) in [5, 5.41) is 0. The fraction of sp³-hybridized carbons (Fsp3) is 0.143. The van der Waals surface area contributed by atoms with Gasteiger partial charge >= 0.3 is 11.4 Å². The Hall–Kier alpha value is -0.710. The van der Waals surface area contributed by atoms with Gasteiger partial charge in [-0.15, -0.1) is 0 Å². The average Bonchev–Trinajstić information content (AvgIpc) is 2.09. The SMILES string of the molecule is COS(=O)O.c1ccccc1. The molecule has 0 spiro atoms. The molecule has 0 bridgehead atoms. The molecule has 1 atom stereocenters. The fourth-order valence-electron chi connectivity index (χ4n) is 0.385. The van der Waals surface area contributed by atoms with Gasteiger partial charge in [-0.25, -0.2) is 0 Å². The lowest BCUT2D eigenvalue weighted by molar-refractivity contribution is 0.379. The van der Waals surface area contributed by atoms with Crippen LogP contribution in [0, 0.1) is 0 Å². The molecule has 1 N–H and O–H groups in total. The second-order valence-electron chi connectivity index (χ2n) is 1.54. The van der Waals surface area contributed by atoms with Crippen LogP contribution in [0.25, 0.3) is 0 Å². The predicted molar refractivity (Wildman–Crippen MR) is 44.2 cm³/mol. The van der Waals surface area contributed by atoms with E-state index in [-0.39, 0.29) is 0 Å². The second-order valence-corrected chi connectivity index (χ2v) is 2.31. The zero-order valence-electron chi connectivity index (χ0n) is 6.14. The lowest BCUT2D eigenvalue weighted by Crippen LogP contribution is -1.84. The van der Waals surface area contributed by atoms with E-state index in [2.05, 4.69) is 4.18 Å². The highest BCUT2D eigenvalue weighted by molar-refractivity contribution is 7.74. The lowest BCUT2D eigenvalue weighted by atomic mass is 10.4. The first kappa shape index (κ1) is 10.3. The number of hydrogen-bond acceptors (Lipinski definition) is 2. The van der Waals surface area contributed by atoms with Gasteiger partial charge in [-0.05, 0) is 0 Å². The Kier molecular flexibility index (Phi) is 6.92. The van der Waals surface area contributed by atoms with E-state index in [4.69, 9.17) is 4.55 Å². The molecule has 1 unspecified atom stereocenters. The first-order valence-electron chi connectivity index (χ1n) is 2.92. The molecule has 11 heavy (non-hydrogen) atoms. The van der Waals surface area contributed by atoms with Crippen LogP contribution < -0.4 is 0 Å². The highest BCUT2D eigenvalue weighted by Gasteiger charge is 1.75. The largest absolute Gasteiger partial charge is 0.301 e. The van der Waals surface area contributed by atoms with Crippen molar-refractivity contribution in [2.45, 2.75) is 0 Å². The molecular weight excluding hydrogens is 164 g/mol. The summed E-state index contributed by atoms with van der Waals surface area (Å²) in [4.78, 5) is 0. The topological polar surface area (TPSA) is 46.5 Å². The van der Waals surface area contributed by atoms with Crippen LogP contribution in [0.15, 0.2) is 36.4 Å². The maximum absolute atomic E-state index is 9.26. The summed E-state index contributed by atoms with van der Waals surface area (Å²) in [6.45, 7) is 0. The van der Waals surface area contributed by atoms with Gasteiger partial charge in [0.2, 0.25) is 0 Å². The maximum Gasteiger partial charge on any atom is 0.301 e. The summed E-state index contributed by atoms with van der Waals surface area (Å²) >= 11 is -2.07. The second kappa shape index (κ2) is 7.40. The third-order valence-electron chi connectivity index (χ3n) is 0.809. The van der Waals surface area contributed by atoms with Gasteiger partial charge in [-0.1, -0.05) is 36.4 Å². The molecule has 0 aliphatic rings. The third kappa shape index (κ3) is 9.29. The molecule has 1 rings (SSSR count). The van der Waals surface area contributed by atoms with Gasteiger partial charge in [0.15, 0.2) is 0 Å². The van der Waals surface area contributed by atoms with Gasteiger partial charge in [-0.2, -0.15) is 4.21 Å². The van der Waals surface area contributed by atoms with E-state index >= 15 is 0 Å². The summed E-state index contributed by atoms with van der Waals surface area (Å²) in [6.07, 6.45) is 0. The van der Waals surface area contributed by atoms with Crippen LogP contribution in [-0.4, -0.2) is 15.9 Å². The van der Waals surface area contributed by atoms with E-state index in [1.54, 1.807) is 0 Å².